The number of methoxy groups -OCH3 is 1. The van der Waals surface area contributed by atoms with E-state index in [-0.39, 0.29) is 24.7 Å². The highest BCUT2D eigenvalue weighted by Crippen LogP contribution is 2.17. The fourth-order valence-corrected chi connectivity index (χ4v) is 1.67. The van der Waals surface area contributed by atoms with Gasteiger partial charge < -0.3 is 14.4 Å². The van der Waals surface area contributed by atoms with Crippen molar-refractivity contribution in [2.45, 2.75) is 33.3 Å². The first-order chi connectivity index (χ1) is 9.15. The fourth-order valence-electron chi connectivity index (χ4n) is 1.67. The van der Waals surface area contributed by atoms with E-state index in [1.807, 2.05) is 0 Å². The third-order valence-corrected chi connectivity index (χ3v) is 2.54. The molecule has 0 saturated carbocycles. The van der Waals surface area contributed by atoms with Crippen LogP contribution in [0.1, 0.15) is 27.7 Å². The van der Waals surface area contributed by atoms with Gasteiger partial charge in [0, 0.05) is 26.2 Å². The van der Waals surface area contributed by atoms with Crippen LogP contribution in [0.3, 0.4) is 0 Å². The molecule has 0 aromatic carbocycles. The molecule has 0 saturated heterocycles. The van der Waals surface area contributed by atoms with E-state index in [1.54, 1.807) is 20.8 Å². The van der Waals surface area contributed by atoms with Crippen LogP contribution in [0.4, 0.5) is 4.79 Å². The van der Waals surface area contributed by atoms with Crippen molar-refractivity contribution < 1.29 is 23.9 Å². The third kappa shape index (κ3) is 3.97. The number of esters is 1. The molecule has 0 atom stereocenters. The summed E-state index contributed by atoms with van der Waals surface area (Å²) in [6, 6.07) is 0. The van der Waals surface area contributed by atoms with Crippen molar-refractivity contribution >= 4 is 18.0 Å². The lowest BCUT2D eigenvalue weighted by Crippen LogP contribution is -2.46. The van der Waals surface area contributed by atoms with Gasteiger partial charge in [-0.25, -0.2) is 9.59 Å². The molecule has 7 heteroatoms. The molecule has 112 valence electrons. The lowest BCUT2D eigenvalue weighted by atomic mass is 10.2. The van der Waals surface area contributed by atoms with Gasteiger partial charge in [-0.3, -0.25) is 9.69 Å². The Morgan fingerprint density at radius 1 is 1.20 bits per heavy atom. The lowest BCUT2D eigenvalue weighted by molar-refractivity contribution is -0.142. The molecule has 2 amide bonds. The molecule has 0 aromatic heterocycles. The molecule has 0 bridgehead atoms. The van der Waals surface area contributed by atoms with E-state index in [1.165, 1.54) is 30.0 Å². The average molecular weight is 284 g/mol. The minimum Gasteiger partial charge on any atom is -0.464 e. The predicted molar refractivity (Wildman–Crippen MR) is 70.4 cm³/mol. The minimum atomic E-state index is -0.673. The van der Waals surface area contributed by atoms with Crippen molar-refractivity contribution in [3.63, 3.8) is 0 Å². The molecule has 0 radical (unpaired) electrons. The maximum Gasteiger partial charge on any atom is 0.414 e. The van der Waals surface area contributed by atoms with Gasteiger partial charge in [0.25, 0.3) is 0 Å². The Morgan fingerprint density at radius 3 is 2.25 bits per heavy atom. The zero-order valence-corrected chi connectivity index (χ0v) is 12.4. The van der Waals surface area contributed by atoms with Crippen molar-refractivity contribution in [1.29, 1.82) is 0 Å². The normalized spacial score (nSPS) is 15.6. The first-order valence-electron chi connectivity index (χ1n) is 6.23. The zero-order valence-electron chi connectivity index (χ0n) is 12.4. The number of carbonyl (C=O) groups is 3. The number of hydrogen-bond donors (Lipinski definition) is 0. The molecule has 0 fully saturated rings. The predicted octanol–water partition coefficient (Wildman–Crippen LogP) is 1.10. The maximum atomic E-state index is 12.0. The second-order valence-electron chi connectivity index (χ2n) is 5.35. The summed E-state index contributed by atoms with van der Waals surface area (Å²) in [4.78, 5) is 37.6. The quantitative estimate of drug-likeness (QED) is 0.674. The molecule has 1 aliphatic heterocycles. The van der Waals surface area contributed by atoms with E-state index in [9.17, 15) is 14.4 Å². The van der Waals surface area contributed by atoms with Crippen LogP contribution in [0.5, 0.6) is 0 Å². The Bertz CT molecular complexity index is 450. The summed E-state index contributed by atoms with van der Waals surface area (Å²) < 4.78 is 9.84. The van der Waals surface area contributed by atoms with Crippen LogP contribution in [-0.4, -0.2) is 53.6 Å². The Balaban J connectivity index is 2.97. The summed E-state index contributed by atoms with van der Waals surface area (Å²) >= 11 is 0. The standard InChI is InChI=1S/C13H20N2O5/c1-9(16)15-7-6-14(8-10(15)11(17)19-5)12(18)20-13(2,3)4/h8H,6-7H2,1-5H3. The molecule has 0 N–H and O–H groups in total. The van der Waals surface area contributed by atoms with E-state index in [2.05, 4.69) is 4.74 Å². The number of ether oxygens (including phenoxy) is 2. The second kappa shape index (κ2) is 5.94. The third-order valence-electron chi connectivity index (χ3n) is 2.54. The van der Waals surface area contributed by atoms with Gasteiger partial charge in [0.2, 0.25) is 5.91 Å². The summed E-state index contributed by atoms with van der Waals surface area (Å²) in [6.07, 6.45) is 0.715. The van der Waals surface area contributed by atoms with Crippen molar-refractivity contribution in [2.75, 3.05) is 20.2 Å². The molecule has 1 aliphatic rings. The van der Waals surface area contributed by atoms with Crippen LogP contribution in [0, 0.1) is 0 Å². The highest BCUT2D eigenvalue weighted by atomic mass is 16.6. The monoisotopic (exact) mass is 284 g/mol. The molecule has 0 aliphatic carbocycles. The van der Waals surface area contributed by atoms with Crippen molar-refractivity contribution in [3.05, 3.63) is 11.9 Å². The van der Waals surface area contributed by atoms with Crippen LogP contribution in [-0.2, 0) is 19.1 Å². The summed E-state index contributed by atoms with van der Waals surface area (Å²) in [5.41, 5.74) is -0.606. The van der Waals surface area contributed by atoms with Gasteiger partial charge in [-0.2, -0.15) is 0 Å². The van der Waals surface area contributed by atoms with Crippen LogP contribution in [0.15, 0.2) is 11.9 Å². The maximum absolute atomic E-state index is 12.0. The van der Waals surface area contributed by atoms with Gasteiger partial charge in [-0.1, -0.05) is 0 Å². The molecular formula is C13H20N2O5. The topological polar surface area (TPSA) is 76.2 Å². The van der Waals surface area contributed by atoms with Crippen LogP contribution >= 0.6 is 0 Å². The first kappa shape index (κ1) is 16.0. The average Bonchev–Trinajstić information content (AvgIpc) is 2.34. The van der Waals surface area contributed by atoms with Crippen LogP contribution < -0.4 is 0 Å². The summed E-state index contributed by atoms with van der Waals surface area (Å²) in [5, 5.41) is 0. The van der Waals surface area contributed by atoms with Crippen LogP contribution in [0.25, 0.3) is 0 Å². The van der Waals surface area contributed by atoms with Crippen LogP contribution in [0.2, 0.25) is 0 Å². The van der Waals surface area contributed by atoms with Crippen molar-refractivity contribution in [1.82, 2.24) is 9.80 Å². The van der Waals surface area contributed by atoms with E-state index in [0.29, 0.717) is 0 Å². The first-order valence-corrected chi connectivity index (χ1v) is 6.23. The second-order valence-corrected chi connectivity index (χ2v) is 5.35. The number of hydrogen-bond acceptors (Lipinski definition) is 5. The Kier molecular flexibility index (Phi) is 4.75. The van der Waals surface area contributed by atoms with Gasteiger partial charge >= 0.3 is 12.1 Å². The summed E-state index contributed by atoms with van der Waals surface area (Å²) in [6.45, 7) is 7.08. The summed E-state index contributed by atoms with van der Waals surface area (Å²) in [7, 11) is 1.22. The van der Waals surface area contributed by atoms with E-state index < -0.39 is 17.7 Å². The fraction of sp³-hybridized carbons (Fsp3) is 0.615. The number of amides is 2. The minimum absolute atomic E-state index is 0.0251. The zero-order chi connectivity index (χ0) is 15.5. The molecule has 20 heavy (non-hydrogen) atoms. The van der Waals surface area contributed by atoms with E-state index in [4.69, 9.17) is 4.74 Å². The molecule has 0 spiro atoms. The number of carbonyl (C=O) groups excluding carboxylic acids is 3. The molecule has 1 rings (SSSR count). The smallest absolute Gasteiger partial charge is 0.414 e. The van der Waals surface area contributed by atoms with E-state index >= 15 is 0 Å². The number of rotatable bonds is 1. The Morgan fingerprint density at radius 2 is 1.80 bits per heavy atom. The highest BCUT2D eigenvalue weighted by molar-refractivity contribution is 5.94. The number of nitrogens with zero attached hydrogens (tertiary/aromatic N) is 2. The SMILES string of the molecule is COC(=O)C1=CN(C(=O)OC(C)(C)C)CCN1C(C)=O. The van der Waals surface area contributed by atoms with E-state index in [0.717, 1.165) is 0 Å². The van der Waals surface area contributed by atoms with Crippen molar-refractivity contribution in [3.8, 4) is 0 Å². The Labute approximate surface area is 118 Å². The van der Waals surface area contributed by atoms with Crippen molar-refractivity contribution in [2.24, 2.45) is 0 Å². The molecule has 1 heterocycles. The van der Waals surface area contributed by atoms with Gasteiger partial charge in [-0.05, 0) is 20.8 Å². The highest BCUT2D eigenvalue weighted by Gasteiger charge is 2.31. The van der Waals surface area contributed by atoms with Gasteiger partial charge in [-0.15, -0.1) is 0 Å². The largest absolute Gasteiger partial charge is 0.464 e. The molecule has 7 nitrogen and oxygen atoms in total. The van der Waals surface area contributed by atoms with Gasteiger partial charge in [0.15, 0.2) is 0 Å². The van der Waals surface area contributed by atoms with Gasteiger partial charge in [0.1, 0.15) is 11.3 Å². The molecular weight excluding hydrogens is 264 g/mol. The molecule has 0 aromatic rings. The summed E-state index contributed by atoms with van der Waals surface area (Å²) in [5.74, 6) is -0.959. The molecule has 0 unspecified atom stereocenters. The lowest BCUT2D eigenvalue weighted by Gasteiger charge is -2.33. The van der Waals surface area contributed by atoms with Gasteiger partial charge in [0.05, 0.1) is 7.11 Å². The Hall–Kier alpha value is -2.05.